The minimum absolute atomic E-state index is 0.0269. The van der Waals surface area contributed by atoms with Gasteiger partial charge in [0.05, 0.1) is 13.0 Å². The zero-order valence-corrected chi connectivity index (χ0v) is 23.3. The molecule has 3 fully saturated rings. The number of carbonyl (C=O) groups is 2. The van der Waals surface area contributed by atoms with E-state index in [1.165, 1.54) is 19.1 Å². The average molecular weight is 538 g/mol. The highest BCUT2D eigenvalue weighted by Crippen LogP contribution is 2.37. The Morgan fingerprint density at radius 3 is 2.10 bits per heavy atom. The molecule has 0 radical (unpaired) electrons. The van der Waals surface area contributed by atoms with Crippen molar-refractivity contribution >= 4 is 11.9 Å². The third-order valence-corrected chi connectivity index (χ3v) is 9.17. The maximum absolute atomic E-state index is 14.4. The first-order chi connectivity index (χ1) is 19.6. The van der Waals surface area contributed by atoms with Crippen LogP contribution in [-0.4, -0.2) is 78.0 Å². The first kappa shape index (κ1) is 26.7. The van der Waals surface area contributed by atoms with Gasteiger partial charge >= 0.3 is 5.97 Å². The van der Waals surface area contributed by atoms with Gasteiger partial charge in [0, 0.05) is 38.3 Å². The lowest BCUT2D eigenvalue weighted by Gasteiger charge is -2.41. The number of hydrogen-bond donors (Lipinski definition) is 0. The fraction of sp³-hybridized carbons (Fsp3) is 0.412. The third-order valence-electron chi connectivity index (χ3n) is 9.17. The second-order valence-electron chi connectivity index (χ2n) is 11.6. The van der Waals surface area contributed by atoms with E-state index in [0.717, 1.165) is 43.7 Å². The first-order valence-electron chi connectivity index (χ1n) is 14.6. The van der Waals surface area contributed by atoms with Crippen molar-refractivity contribution in [2.45, 2.75) is 49.9 Å². The van der Waals surface area contributed by atoms with Crippen molar-refractivity contribution in [3.63, 3.8) is 0 Å². The van der Waals surface area contributed by atoms with E-state index in [1.807, 2.05) is 65.6 Å². The van der Waals surface area contributed by atoms with Crippen LogP contribution in [0.3, 0.4) is 0 Å². The van der Waals surface area contributed by atoms with Gasteiger partial charge in [-0.25, -0.2) is 4.79 Å². The molecule has 4 atom stereocenters. The normalized spacial score (nSPS) is 25.2. The topological polar surface area (TPSA) is 53.1 Å². The summed E-state index contributed by atoms with van der Waals surface area (Å²) in [4.78, 5) is 34.5. The molecule has 0 aliphatic carbocycles. The van der Waals surface area contributed by atoms with Gasteiger partial charge in [-0.15, -0.1) is 0 Å². The number of nitrogens with zero attached hydrogens (tertiary/aromatic N) is 3. The molecule has 3 heterocycles. The minimum atomic E-state index is -0.570. The molecule has 208 valence electrons. The molecule has 3 aliphatic heterocycles. The maximum Gasteiger partial charge on any atom is 0.328 e. The molecule has 0 N–H and O–H groups in total. The van der Waals surface area contributed by atoms with E-state index in [2.05, 4.69) is 40.1 Å². The summed E-state index contributed by atoms with van der Waals surface area (Å²) in [5.41, 5.74) is 3.23. The number of esters is 1. The molecule has 3 aromatic rings. The Morgan fingerprint density at radius 1 is 0.850 bits per heavy atom. The van der Waals surface area contributed by atoms with Crippen molar-refractivity contribution in [2.75, 3.05) is 33.3 Å². The summed E-state index contributed by atoms with van der Waals surface area (Å²) in [6.45, 7) is 4.68. The molecule has 6 heteroatoms. The van der Waals surface area contributed by atoms with Crippen LogP contribution in [0.1, 0.15) is 41.9 Å². The largest absolute Gasteiger partial charge is 0.467 e. The van der Waals surface area contributed by atoms with E-state index in [1.54, 1.807) is 0 Å². The van der Waals surface area contributed by atoms with Gasteiger partial charge in [0.15, 0.2) is 0 Å². The minimum Gasteiger partial charge on any atom is -0.467 e. The maximum atomic E-state index is 14.4. The number of benzene rings is 3. The lowest BCUT2D eigenvalue weighted by molar-refractivity contribution is -0.151. The highest BCUT2D eigenvalue weighted by Gasteiger charge is 2.48. The molecule has 3 aromatic carbocycles. The van der Waals surface area contributed by atoms with E-state index in [-0.39, 0.29) is 17.9 Å². The van der Waals surface area contributed by atoms with Crippen molar-refractivity contribution in [1.29, 1.82) is 0 Å². The Balaban J connectivity index is 1.24. The van der Waals surface area contributed by atoms with Crippen molar-refractivity contribution in [1.82, 2.24) is 14.7 Å². The Labute approximate surface area is 237 Å². The van der Waals surface area contributed by atoms with Crippen LogP contribution in [0.4, 0.5) is 0 Å². The van der Waals surface area contributed by atoms with Gasteiger partial charge in [0.25, 0.3) is 0 Å². The SMILES string of the molecule is COC(=O)[C@@H]1C[C@H](N2CCC[C@@H]3CN(Cc4ccccc4)C[C@@H]32)CN1C(=O)C(c1ccccc1)c1ccccc1. The molecule has 0 bridgehead atoms. The van der Waals surface area contributed by atoms with Crippen molar-refractivity contribution in [3.8, 4) is 0 Å². The van der Waals surface area contributed by atoms with Crippen molar-refractivity contribution in [2.24, 2.45) is 5.92 Å². The number of methoxy groups -OCH3 is 1. The van der Waals surface area contributed by atoms with Crippen LogP contribution in [0.15, 0.2) is 91.0 Å². The van der Waals surface area contributed by atoms with Crippen molar-refractivity contribution in [3.05, 3.63) is 108 Å². The fourth-order valence-corrected chi connectivity index (χ4v) is 7.32. The second kappa shape index (κ2) is 11.9. The van der Waals surface area contributed by atoms with Crippen LogP contribution in [0.2, 0.25) is 0 Å². The monoisotopic (exact) mass is 537 g/mol. The van der Waals surface area contributed by atoms with Gasteiger partial charge in [0.1, 0.15) is 6.04 Å². The van der Waals surface area contributed by atoms with Gasteiger partial charge in [-0.1, -0.05) is 91.0 Å². The van der Waals surface area contributed by atoms with Crippen LogP contribution >= 0.6 is 0 Å². The van der Waals surface area contributed by atoms with E-state index in [4.69, 9.17) is 4.74 Å². The average Bonchev–Trinajstić information content (AvgIpc) is 3.63. The molecule has 0 spiro atoms. The molecule has 3 aliphatic rings. The fourth-order valence-electron chi connectivity index (χ4n) is 7.32. The molecule has 3 saturated heterocycles. The Hall–Kier alpha value is -3.48. The lowest BCUT2D eigenvalue weighted by atomic mass is 9.90. The molecule has 0 saturated carbocycles. The number of amides is 1. The number of carbonyl (C=O) groups excluding carboxylic acids is 2. The van der Waals surface area contributed by atoms with Crippen LogP contribution in [-0.2, 0) is 20.9 Å². The summed E-state index contributed by atoms with van der Waals surface area (Å²) in [6.07, 6.45) is 3.02. The van der Waals surface area contributed by atoms with Crippen LogP contribution in [0, 0.1) is 5.92 Å². The summed E-state index contributed by atoms with van der Waals surface area (Å²) in [7, 11) is 1.43. The molecule has 0 aromatic heterocycles. The second-order valence-corrected chi connectivity index (χ2v) is 11.6. The first-order valence-corrected chi connectivity index (χ1v) is 14.6. The summed E-state index contributed by atoms with van der Waals surface area (Å²) in [5, 5.41) is 0. The van der Waals surface area contributed by atoms with Crippen LogP contribution < -0.4 is 0 Å². The standard InChI is InChI=1S/C34H39N3O3/c1-40-34(39)30-20-29(36-19-11-18-28-22-35(24-31(28)36)21-25-12-5-2-6-13-25)23-37(30)33(38)32(26-14-7-3-8-15-26)27-16-9-4-10-17-27/h2-10,12-17,28-32H,11,18-24H2,1H3/t28-,29+,30+,31+/m1/s1. The zero-order valence-electron chi connectivity index (χ0n) is 23.3. The smallest absolute Gasteiger partial charge is 0.328 e. The van der Waals surface area contributed by atoms with Crippen LogP contribution in [0.25, 0.3) is 0 Å². The molecular formula is C34H39N3O3. The van der Waals surface area contributed by atoms with Crippen LogP contribution in [0.5, 0.6) is 0 Å². The lowest BCUT2D eigenvalue weighted by Crippen LogP contribution is -2.51. The van der Waals surface area contributed by atoms with Crippen molar-refractivity contribution < 1.29 is 14.3 Å². The van der Waals surface area contributed by atoms with E-state index < -0.39 is 12.0 Å². The number of ether oxygens (including phenoxy) is 1. The van der Waals surface area contributed by atoms with Gasteiger partial charge in [0.2, 0.25) is 5.91 Å². The highest BCUT2D eigenvalue weighted by molar-refractivity contribution is 5.91. The quantitative estimate of drug-likeness (QED) is 0.414. The summed E-state index contributed by atoms with van der Waals surface area (Å²) in [5.74, 6) is -0.183. The predicted molar refractivity (Wildman–Crippen MR) is 156 cm³/mol. The Kier molecular flexibility index (Phi) is 7.98. The molecule has 0 unspecified atom stereocenters. The third kappa shape index (κ3) is 5.43. The molecule has 6 rings (SSSR count). The van der Waals surface area contributed by atoms with Gasteiger partial charge in [-0.2, -0.15) is 0 Å². The zero-order chi connectivity index (χ0) is 27.5. The summed E-state index contributed by atoms with van der Waals surface area (Å²) in [6, 6.07) is 30.6. The van der Waals surface area contributed by atoms with E-state index in [0.29, 0.717) is 24.9 Å². The molecule has 1 amide bonds. The number of rotatable bonds is 7. The van der Waals surface area contributed by atoms with Gasteiger partial charge in [-0.05, 0) is 48.4 Å². The Morgan fingerprint density at radius 2 is 1.48 bits per heavy atom. The predicted octanol–water partition coefficient (Wildman–Crippen LogP) is 4.56. The number of piperidine rings is 1. The van der Waals surface area contributed by atoms with Gasteiger partial charge < -0.3 is 9.64 Å². The molecule has 6 nitrogen and oxygen atoms in total. The Bertz CT molecular complexity index is 1250. The van der Waals surface area contributed by atoms with E-state index in [9.17, 15) is 9.59 Å². The summed E-state index contributed by atoms with van der Waals surface area (Å²) >= 11 is 0. The molecular weight excluding hydrogens is 498 g/mol. The number of fused-ring (bicyclic) bond motifs is 1. The number of likely N-dealkylation sites (tertiary alicyclic amines) is 3. The highest BCUT2D eigenvalue weighted by atomic mass is 16.5. The summed E-state index contributed by atoms with van der Waals surface area (Å²) < 4.78 is 5.25. The molecule has 40 heavy (non-hydrogen) atoms. The number of hydrogen-bond acceptors (Lipinski definition) is 5. The van der Waals surface area contributed by atoms with E-state index >= 15 is 0 Å². The van der Waals surface area contributed by atoms with Gasteiger partial charge in [-0.3, -0.25) is 14.6 Å².